The molecule has 2 heterocycles. The van der Waals surface area contributed by atoms with Gasteiger partial charge < -0.3 is 14.5 Å². The lowest BCUT2D eigenvalue weighted by molar-refractivity contribution is -0.145. The summed E-state index contributed by atoms with van der Waals surface area (Å²) in [6, 6.07) is 6.68. The summed E-state index contributed by atoms with van der Waals surface area (Å²) in [4.78, 5) is 16.7. The zero-order valence-corrected chi connectivity index (χ0v) is 26.4. The molecule has 0 radical (unpaired) electrons. The molecule has 3 unspecified atom stereocenters. The predicted octanol–water partition coefficient (Wildman–Crippen LogP) is 6.52. The molecule has 6 nitrogen and oxygen atoms in total. The van der Waals surface area contributed by atoms with Gasteiger partial charge in [0.25, 0.3) is 0 Å². The summed E-state index contributed by atoms with van der Waals surface area (Å²) in [6.07, 6.45) is 7.17. The molecule has 2 aliphatic carbocycles. The van der Waals surface area contributed by atoms with Gasteiger partial charge in [-0.05, 0) is 94.1 Å². The number of likely N-dealkylation sites (tertiary alicyclic amines) is 1. The number of rotatable bonds is 8. The Morgan fingerprint density at radius 3 is 2.50 bits per heavy atom. The Labute approximate surface area is 256 Å². The van der Waals surface area contributed by atoms with Crippen molar-refractivity contribution in [1.29, 1.82) is 0 Å². The van der Waals surface area contributed by atoms with Gasteiger partial charge in [0.15, 0.2) is 0 Å². The first-order chi connectivity index (χ1) is 17.7. The SMILES string of the molecule is CCc1onc2c1CCC21CCN(CC2CC(N(C)[C@@H](C(=O)O)C(C)C)CC2c2cccc(F)c2)CC1.Cl.Cl.Cl. The zero-order valence-electron chi connectivity index (χ0n) is 24.0. The number of likely N-dealkylation sites (N-methyl/N-ethyl adjacent to an activating group) is 1. The predicted molar refractivity (Wildman–Crippen MR) is 163 cm³/mol. The number of aliphatic carboxylic acids is 1. The van der Waals surface area contributed by atoms with E-state index in [-0.39, 0.29) is 66.3 Å². The highest BCUT2D eigenvalue weighted by molar-refractivity contribution is 5.86. The summed E-state index contributed by atoms with van der Waals surface area (Å²) in [6.45, 7) is 9.11. The van der Waals surface area contributed by atoms with Crippen molar-refractivity contribution >= 4 is 43.2 Å². The van der Waals surface area contributed by atoms with Gasteiger partial charge in [-0.25, -0.2) is 4.39 Å². The molecule has 1 saturated heterocycles. The molecule has 2 fully saturated rings. The van der Waals surface area contributed by atoms with Gasteiger partial charge in [0.1, 0.15) is 17.6 Å². The van der Waals surface area contributed by atoms with Crippen molar-refractivity contribution in [3.8, 4) is 0 Å². The van der Waals surface area contributed by atoms with E-state index in [0.29, 0.717) is 5.92 Å². The van der Waals surface area contributed by atoms with Crippen molar-refractivity contribution < 1.29 is 18.8 Å². The van der Waals surface area contributed by atoms with Crippen molar-refractivity contribution in [3.63, 3.8) is 0 Å². The number of carbonyl (C=O) groups is 1. The molecule has 0 amide bonds. The number of halogens is 4. The van der Waals surface area contributed by atoms with Crippen LogP contribution in [-0.2, 0) is 23.1 Å². The lowest BCUT2D eigenvalue weighted by Gasteiger charge is -2.40. The summed E-state index contributed by atoms with van der Waals surface area (Å²) in [7, 11) is 1.96. The molecule has 3 aliphatic rings. The summed E-state index contributed by atoms with van der Waals surface area (Å²) in [5, 5.41) is 14.4. The minimum atomic E-state index is -0.764. The van der Waals surface area contributed by atoms with Crippen molar-refractivity contribution in [2.45, 2.75) is 89.1 Å². The zero-order chi connectivity index (χ0) is 26.3. The molecule has 1 saturated carbocycles. The van der Waals surface area contributed by atoms with E-state index < -0.39 is 12.0 Å². The fourth-order valence-corrected chi connectivity index (χ4v) is 7.69. The maximum absolute atomic E-state index is 14.2. The first-order valence-corrected chi connectivity index (χ1v) is 14.1. The number of hydrogen-bond acceptors (Lipinski definition) is 5. The van der Waals surface area contributed by atoms with Crippen LogP contribution in [-0.4, -0.2) is 64.8 Å². The maximum atomic E-state index is 14.2. The molecular weight excluding hydrogens is 576 g/mol. The summed E-state index contributed by atoms with van der Waals surface area (Å²) in [5.74, 6) is 0.710. The number of carboxylic acids is 1. The van der Waals surface area contributed by atoms with Crippen LogP contribution in [0, 0.1) is 17.7 Å². The van der Waals surface area contributed by atoms with Crippen LogP contribution in [0.3, 0.4) is 0 Å². The molecule has 5 rings (SSSR count). The van der Waals surface area contributed by atoms with Crippen LogP contribution >= 0.6 is 37.2 Å². The van der Waals surface area contributed by atoms with Crippen molar-refractivity contribution in [2.75, 3.05) is 26.7 Å². The molecule has 4 atom stereocenters. The van der Waals surface area contributed by atoms with Gasteiger partial charge in [0, 0.05) is 30.0 Å². The second-order valence-electron chi connectivity index (χ2n) is 12.1. The van der Waals surface area contributed by atoms with E-state index >= 15 is 0 Å². The minimum Gasteiger partial charge on any atom is -0.480 e. The highest BCUT2D eigenvalue weighted by atomic mass is 35.5. The average molecular weight is 621 g/mol. The van der Waals surface area contributed by atoms with E-state index in [9.17, 15) is 14.3 Å². The Bertz CT molecular complexity index is 1120. The normalized spacial score (nSPS) is 24.3. The van der Waals surface area contributed by atoms with Gasteiger partial charge in [-0.3, -0.25) is 9.69 Å². The van der Waals surface area contributed by atoms with E-state index in [1.807, 2.05) is 27.0 Å². The summed E-state index contributed by atoms with van der Waals surface area (Å²) < 4.78 is 19.9. The Kier molecular flexibility index (Phi) is 12.4. The van der Waals surface area contributed by atoms with Crippen LogP contribution < -0.4 is 0 Å². The van der Waals surface area contributed by atoms with E-state index in [0.717, 1.165) is 69.5 Å². The summed E-state index contributed by atoms with van der Waals surface area (Å²) in [5.41, 5.74) is 3.79. The monoisotopic (exact) mass is 619 g/mol. The number of fused-ring (bicyclic) bond motifs is 2. The van der Waals surface area contributed by atoms with Gasteiger partial charge >= 0.3 is 5.97 Å². The van der Waals surface area contributed by atoms with Crippen LogP contribution in [0.15, 0.2) is 28.8 Å². The van der Waals surface area contributed by atoms with E-state index in [2.05, 4.69) is 21.9 Å². The first-order valence-electron chi connectivity index (χ1n) is 14.1. The molecule has 40 heavy (non-hydrogen) atoms. The lowest BCUT2D eigenvalue weighted by atomic mass is 9.76. The van der Waals surface area contributed by atoms with Gasteiger partial charge in [-0.2, -0.15) is 0 Å². The molecule has 0 bridgehead atoms. The topological polar surface area (TPSA) is 69.8 Å². The number of aryl methyl sites for hydroxylation is 1. The Balaban J connectivity index is 0.00000187. The van der Waals surface area contributed by atoms with Crippen LogP contribution in [0.2, 0.25) is 0 Å². The number of benzene rings is 1. The Hall–Kier alpha value is -1.38. The number of hydrogen-bond donors (Lipinski definition) is 1. The molecule has 1 aromatic heterocycles. The van der Waals surface area contributed by atoms with Crippen LogP contribution in [0.5, 0.6) is 0 Å². The minimum absolute atomic E-state index is 0. The third kappa shape index (κ3) is 6.64. The summed E-state index contributed by atoms with van der Waals surface area (Å²) >= 11 is 0. The van der Waals surface area contributed by atoms with Crippen LogP contribution in [0.4, 0.5) is 4.39 Å². The highest BCUT2D eigenvalue weighted by Crippen LogP contribution is 2.48. The third-order valence-corrected chi connectivity index (χ3v) is 9.70. The number of nitrogens with zero attached hydrogens (tertiary/aromatic N) is 3. The number of carboxylic acid groups (broad SMARTS) is 1. The largest absolute Gasteiger partial charge is 0.480 e. The number of piperidine rings is 1. The number of aromatic nitrogens is 1. The van der Waals surface area contributed by atoms with Crippen molar-refractivity contribution in [1.82, 2.24) is 15.0 Å². The fourth-order valence-electron chi connectivity index (χ4n) is 7.69. The Morgan fingerprint density at radius 2 is 1.90 bits per heavy atom. The maximum Gasteiger partial charge on any atom is 0.321 e. The fraction of sp³-hybridized carbons (Fsp3) is 0.667. The molecule has 10 heteroatoms. The van der Waals surface area contributed by atoms with Gasteiger partial charge in [-0.1, -0.05) is 38.1 Å². The lowest BCUT2D eigenvalue weighted by Crippen LogP contribution is -2.47. The second-order valence-corrected chi connectivity index (χ2v) is 12.1. The van der Waals surface area contributed by atoms with Crippen LogP contribution in [0.25, 0.3) is 0 Å². The quantitative estimate of drug-likeness (QED) is 0.362. The Morgan fingerprint density at radius 1 is 1.20 bits per heavy atom. The molecule has 1 spiro atoms. The highest BCUT2D eigenvalue weighted by Gasteiger charge is 2.46. The van der Waals surface area contributed by atoms with Gasteiger partial charge in [0.05, 0.1) is 5.69 Å². The van der Waals surface area contributed by atoms with Gasteiger partial charge in [0.2, 0.25) is 0 Å². The average Bonchev–Trinajstić information content (AvgIpc) is 3.56. The molecule has 1 aliphatic heterocycles. The second kappa shape index (κ2) is 14.2. The molecule has 226 valence electrons. The smallest absolute Gasteiger partial charge is 0.321 e. The van der Waals surface area contributed by atoms with Gasteiger partial charge in [-0.15, -0.1) is 37.2 Å². The van der Waals surface area contributed by atoms with Crippen LogP contribution in [0.1, 0.15) is 81.4 Å². The van der Waals surface area contributed by atoms with Crippen molar-refractivity contribution in [3.05, 3.63) is 52.7 Å². The van der Waals surface area contributed by atoms with E-state index in [4.69, 9.17) is 4.52 Å². The molecule has 2 aromatic rings. The van der Waals surface area contributed by atoms with E-state index in [1.165, 1.54) is 23.7 Å². The first kappa shape index (κ1) is 34.8. The standard InChI is InChI=1S/C30H42FN3O3.3ClH/c1-5-26-24-9-10-30(28(24)32-37-26)11-13-34(14-12-30)18-21-16-23(33(4)27(19(2)3)29(35)36)17-25(21)20-7-6-8-22(31)15-20;;;/h6-8,15,19,21,23,25,27H,5,9-14,16-18H2,1-4H3,(H,35,36);3*1H/t21?,23?,25?,27-;;;/m1.../s1. The third-order valence-electron chi connectivity index (χ3n) is 9.70. The molecule has 1 N–H and O–H groups in total. The van der Waals surface area contributed by atoms with Crippen molar-refractivity contribution in [2.24, 2.45) is 11.8 Å². The molecule has 1 aromatic carbocycles. The van der Waals surface area contributed by atoms with E-state index in [1.54, 1.807) is 12.1 Å². The molecular formula is C30H45Cl3FN3O3.